The van der Waals surface area contributed by atoms with Gasteiger partial charge in [0.05, 0.1) is 11.0 Å². The van der Waals surface area contributed by atoms with Crippen LogP contribution in [0.5, 0.6) is 0 Å². The van der Waals surface area contributed by atoms with Gasteiger partial charge in [-0.15, -0.1) is 11.3 Å². The van der Waals surface area contributed by atoms with Crippen molar-refractivity contribution in [3.63, 3.8) is 0 Å². The molecule has 0 spiro atoms. The van der Waals surface area contributed by atoms with Crippen LogP contribution in [0, 0.1) is 6.92 Å². The van der Waals surface area contributed by atoms with Gasteiger partial charge in [0.25, 0.3) is 0 Å². The molecule has 0 saturated heterocycles. The molecule has 4 nitrogen and oxygen atoms in total. The quantitative estimate of drug-likeness (QED) is 0.721. The Morgan fingerprint density at radius 3 is 2.96 bits per heavy atom. The Hall–Kier alpha value is -2.14. The molecule has 0 aliphatic heterocycles. The summed E-state index contributed by atoms with van der Waals surface area (Å²) in [5.74, 6) is 1.11. The maximum Gasteiger partial charge on any atom is 0.220 e. The highest BCUT2D eigenvalue weighted by Gasteiger charge is 2.07. The Morgan fingerprint density at radius 1 is 1.26 bits per heavy atom. The molecule has 1 amide bonds. The Kier molecular flexibility index (Phi) is 5.08. The lowest BCUT2D eigenvalue weighted by molar-refractivity contribution is -0.121. The van der Waals surface area contributed by atoms with Crippen LogP contribution in [0.1, 0.15) is 23.5 Å². The molecule has 0 fully saturated rings. The van der Waals surface area contributed by atoms with Crippen molar-refractivity contribution < 1.29 is 4.79 Å². The molecule has 23 heavy (non-hydrogen) atoms. The Morgan fingerprint density at radius 2 is 2.13 bits per heavy atom. The number of fused-ring (bicyclic) bond motifs is 1. The fourth-order valence-electron chi connectivity index (χ4n) is 2.75. The molecular formula is C18H21N3OS. The van der Waals surface area contributed by atoms with Gasteiger partial charge in [-0.3, -0.25) is 4.79 Å². The molecule has 3 aromatic rings. The van der Waals surface area contributed by atoms with Crippen molar-refractivity contribution in [2.24, 2.45) is 0 Å². The SMILES string of the molecule is Cc1nc2ccccc2n1CCNC(=O)CCCc1cccs1. The zero-order valence-corrected chi connectivity index (χ0v) is 14.1. The highest BCUT2D eigenvalue weighted by atomic mass is 32.1. The minimum atomic E-state index is 0.128. The average Bonchev–Trinajstić information content (AvgIpc) is 3.16. The predicted molar refractivity (Wildman–Crippen MR) is 94.7 cm³/mol. The number of hydrogen-bond acceptors (Lipinski definition) is 3. The summed E-state index contributed by atoms with van der Waals surface area (Å²) in [6.07, 6.45) is 2.47. The van der Waals surface area contributed by atoms with E-state index in [1.165, 1.54) is 4.88 Å². The standard InChI is InChI=1S/C18H21N3OS/c1-14-20-16-8-2-3-9-17(16)21(14)12-11-19-18(22)10-4-6-15-7-5-13-23-15/h2-3,5,7-9,13H,4,6,10-12H2,1H3,(H,19,22). The second-order valence-corrected chi connectivity index (χ2v) is 6.61. The van der Waals surface area contributed by atoms with E-state index < -0.39 is 0 Å². The van der Waals surface area contributed by atoms with E-state index in [2.05, 4.69) is 38.4 Å². The molecule has 0 radical (unpaired) electrons. The molecular weight excluding hydrogens is 306 g/mol. The zero-order valence-electron chi connectivity index (χ0n) is 13.3. The van der Waals surface area contributed by atoms with Crippen molar-refractivity contribution in [1.29, 1.82) is 0 Å². The number of nitrogens with one attached hydrogen (secondary N) is 1. The minimum Gasteiger partial charge on any atom is -0.354 e. The van der Waals surface area contributed by atoms with Crippen molar-refractivity contribution >= 4 is 28.3 Å². The van der Waals surface area contributed by atoms with E-state index in [9.17, 15) is 4.79 Å². The van der Waals surface area contributed by atoms with E-state index in [0.29, 0.717) is 13.0 Å². The fourth-order valence-corrected chi connectivity index (χ4v) is 3.50. The van der Waals surface area contributed by atoms with E-state index in [4.69, 9.17) is 0 Å². The number of nitrogens with zero attached hydrogens (tertiary/aromatic N) is 2. The molecule has 0 bridgehead atoms. The van der Waals surface area contributed by atoms with Crippen molar-refractivity contribution in [1.82, 2.24) is 14.9 Å². The Labute approximate surface area is 140 Å². The summed E-state index contributed by atoms with van der Waals surface area (Å²) in [7, 11) is 0. The Bertz CT molecular complexity index is 777. The topological polar surface area (TPSA) is 46.9 Å². The van der Waals surface area contributed by atoms with E-state index in [0.717, 1.165) is 36.2 Å². The number of imidazole rings is 1. The van der Waals surface area contributed by atoms with Gasteiger partial charge in [0, 0.05) is 24.4 Å². The number of thiophene rings is 1. The molecule has 1 N–H and O–H groups in total. The third-order valence-electron chi connectivity index (χ3n) is 3.91. The maximum atomic E-state index is 11.9. The van der Waals surface area contributed by atoms with Crippen molar-refractivity contribution in [2.45, 2.75) is 32.7 Å². The summed E-state index contributed by atoms with van der Waals surface area (Å²) in [4.78, 5) is 17.8. The second-order valence-electron chi connectivity index (χ2n) is 5.58. The third-order valence-corrected chi connectivity index (χ3v) is 4.85. The molecule has 3 rings (SSSR count). The van der Waals surface area contributed by atoms with Crippen LogP contribution >= 0.6 is 11.3 Å². The lowest BCUT2D eigenvalue weighted by atomic mass is 10.2. The molecule has 2 heterocycles. The number of aromatic nitrogens is 2. The van der Waals surface area contributed by atoms with Gasteiger partial charge in [-0.05, 0) is 43.3 Å². The number of aryl methyl sites for hydroxylation is 2. The highest BCUT2D eigenvalue weighted by molar-refractivity contribution is 7.09. The zero-order chi connectivity index (χ0) is 16.1. The average molecular weight is 327 g/mol. The van der Waals surface area contributed by atoms with Gasteiger partial charge in [-0.1, -0.05) is 18.2 Å². The van der Waals surface area contributed by atoms with E-state index in [-0.39, 0.29) is 5.91 Å². The number of benzene rings is 1. The van der Waals surface area contributed by atoms with Crippen LogP contribution in [0.15, 0.2) is 41.8 Å². The summed E-state index contributed by atoms with van der Waals surface area (Å²) in [5, 5.41) is 5.09. The molecule has 0 unspecified atom stereocenters. The first-order valence-electron chi connectivity index (χ1n) is 7.95. The lowest BCUT2D eigenvalue weighted by Crippen LogP contribution is -2.27. The molecule has 1 aromatic carbocycles. The summed E-state index contributed by atoms with van der Waals surface area (Å²) in [5.41, 5.74) is 2.13. The van der Waals surface area contributed by atoms with Crippen LogP contribution in [-0.2, 0) is 17.8 Å². The van der Waals surface area contributed by atoms with Gasteiger partial charge in [0.1, 0.15) is 5.82 Å². The first-order valence-corrected chi connectivity index (χ1v) is 8.83. The van der Waals surface area contributed by atoms with Crippen molar-refractivity contribution in [2.75, 3.05) is 6.54 Å². The molecule has 120 valence electrons. The first kappa shape index (κ1) is 15.7. The van der Waals surface area contributed by atoms with Gasteiger partial charge in [0.15, 0.2) is 0 Å². The monoisotopic (exact) mass is 327 g/mol. The van der Waals surface area contributed by atoms with Crippen LogP contribution in [0.4, 0.5) is 0 Å². The van der Waals surface area contributed by atoms with E-state index >= 15 is 0 Å². The fraction of sp³-hybridized carbons (Fsp3) is 0.333. The number of carbonyl (C=O) groups excluding carboxylic acids is 1. The van der Waals surface area contributed by atoms with Gasteiger partial charge in [0.2, 0.25) is 5.91 Å². The maximum absolute atomic E-state index is 11.9. The van der Waals surface area contributed by atoms with Gasteiger partial charge < -0.3 is 9.88 Å². The van der Waals surface area contributed by atoms with E-state index in [1.54, 1.807) is 11.3 Å². The largest absolute Gasteiger partial charge is 0.354 e. The number of hydrogen-bond donors (Lipinski definition) is 1. The molecule has 0 aliphatic rings. The molecule has 0 saturated carbocycles. The minimum absolute atomic E-state index is 0.128. The highest BCUT2D eigenvalue weighted by Crippen LogP contribution is 2.15. The molecule has 5 heteroatoms. The van der Waals surface area contributed by atoms with Crippen LogP contribution in [0.3, 0.4) is 0 Å². The smallest absolute Gasteiger partial charge is 0.220 e. The third kappa shape index (κ3) is 3.99. The number of amides is 1. The van der Waals surface area contributed by atoms with Crippen molar-refractivity contribution in [3.8, 4) is 0 Å². The second kappa shape index (κ2) is 7.42. The van der Waals surface area contributed by atoms with Crippen LogP contribution in [0.25, 0.3) is 11.0 Å². The summed E-state index contributed by atoms with van der Waals surface area (Å²) in [6, 6.07) is 12.3. The summed E-state index contributed by atoms with van der Waals surface area (Å²) in [6.45, 7) is 3.39. The number of rotatable bonds is 7. The predicted octanol–water partition coefficient (Wildman–Crippen LogP) is 3.55. The van der Waals surface area contributed by atoms with Crippen LogP contribution < -0.4 is 5.32 Å². The lowest BCUT2D eigenvalue weighted by Gasteiger charge is -2.08. The Balaban J connectivity index is 1.45. The van der Waals surface area contributed by atoms with Crippen molar-refractivity contribution in [3.05, 3.63) is 52.5 Å². The normalized spacial score (nSPS) is 11.0. The summed E-state index contributed by atoms with van der Waals surface area (Å²) < 4.78 is 2.15. The molecule has 0 aliphatic carbocycles. The van der Waals surface area contributed by atoms with Crippen LogP contribution in [0.2, 0.25) is 0 Å². The first-order chi connectivity index (χ1) is 11.2. The van der Waals surface area contributed by atoms with Gasteiger partial charge in [-0.2, -0.15) is 0 Å². The molecule has 2 aromatic heterocycles. The number of para-hydroxylation sites is 2. The van der Waals surface area contributed by atoms with Gasteiger partial charge in [-0.25, -0.2) is 4.98 Å². The molecule has 0 atom stereocenters. The van der Waals surface area contributed by atoms with Gasteiger partial charge >= 0.3 is 0 Å². The van der Waals surface area contributed by atoms with E-state index in [1.807, 2.05) is 25.1 Å². The van der Waals surface area contributed by atoms with Crippen LogP contribution in [-0.4, -0.2) is 22.0 Å². The number of carbonyl (C=O) groups is 1. The summed E-state index contributed by atoms with van der Waals surface area (Å²) >= 11 is 1.75.